The van der Waals surface area contributed by atoms with E-state index in [0.717, 1.165) is 38.2 Å². The summed E-state index contributed by atoms with van der Waals surface area (Å²) in [7, 11) is 0. The van der Waals surface area contributed by atoms with E-state index in [0.29, 0.717) is 16.0 Å². The second kappa shape index (κ2) is 7.11. The van der Waals surface area contributed by atoms with Crippen LogP contribution in [0.5, 0.6) is 0 Å². The van der Waals surface area contributed by atoms with Gasteiger partial charge in [-0.1, -0.05) is 23.2 Å². The lowest BCUT2D eigenvalue weighted by Gasteiger charge is -2.40. The van der Waals surface area contributed by atoms with E-state index in [9.17, 15) is 0 Å². The van der Waals surface area contributed by atoms with E-state index in [4.69, 9.17) is 23.2 Å². The van der Waals surface area contributed by atoms with Gasteiger partial charge in [0.15, 0.2) is 0 Å². The molecule has 9 heteroatoms. The molecule has 7 nitrogen and oxygen atoms in total. The maximum absolute atomic E-state index is 6.09. The summed E-state index contributed by atoms with van der Waals surface area (Å²) < 4.78 is 0. The molecule has 1 atom stereocenters. The molecule has 0 spiro atoms. The summed E-state index contributed by atoms with van der Waals surface area (Å²) in [5, 5.41) is 10.0. The molecule has 4 rings (SSSR count). The Kier molecular flexibility index (Phi) is 4.70. The lowest BCUT2D eigenvalue weighted by molar-refractivity contribution is -0.0536. The van der Waals surface area contributed by atoms with Gasteiger partial charge in [-0.3, -0.25) is 4.98 Å². The minimum absolute atomic E-state index is 0.143. The van der Waals surface area contributed by atoms with E-state index in [2.05, 4.69) is 30.0 Å². The molecule has 0 aliphatic carbocycles. The molecule has 0 bridgehead atoms. The molecule has 0 saturated carbocycles. The van der Waals surface area contributed by atoms with Crippen LogP contribution in [-0.4, -0.2) is 57.5 Å². The summed E-state index contributed by atoms with van der Waals surface area (Å²) in [4.78, 5) is 14.9. The average molecular weight is 378 g/mol. The van der Waals surface area contributed by atoms with Gasteiger partial charge in [-0.25, -0.2) is 20.1 Å². The molecule has 2 aromatic heterocycles. The second-order valence-electron chi connectivity index (χ2n) is 5.95. The van der Waals surface area contributed by atoms with E-state index >= 15 is 0 Å². The van der Waals surface area contributed by atoms with Crippen molar-refractivity contribution in [1.82, 2.24) is 25.1 Å². The highest BCUT2D eigenvalue weighted by Crippen LogP contribution is 2.31. The molecule has 0 aromatic carbocycles. The van der Waals surface area contributed by atoms with Crippen molar-refractivity contribution in [2.45, 2.75) is 12.5 Å². The molecule has 2 aromatic rings. The highest BCUT2D eigenvalue weighted by Gasteiger charge is 2.31. The summed E-state index contributed by atoms with van der Waals surface area (Å²) in [6, 6.07) is 2.10. The standard InChI is InChI=1S/C16H17Cl2N7/c17-13-7-12(8-19-9-13)15-1-2-22-25(15)24-5-3-23(4-6-24)16-20-10-14(18)11-21-16/h2,7-11,15H,1,3-6H2. The van der Waals surface area contributed by atoms with Crippen molar-refractivity contribution in [1.29, 1.82) is 0 Å². The van der Waals surface area contributed by atoms with Gasteiger partial charge in [0.05, 0.1) is 28.5 Å². The normalized spacial score (nSPS) is 21.1. The van der Waals surface area contributed by atoms with Gasteiger partial charge in [0.25, 0.3) is 0 Å². The Labute approximate surface area is 155 Å². The average Bonchev–Trinajstić information content (AvgIpc) is 3.12. The largest absolute Gasteiger partial charge is 0.338 e. The number of hydrazone groups is 1. The zero-order valence-corrected chi connectivity index (χ0v) is 15.0. The first-order chi connectivity index (χ1) is 12.2. The van der Waals surface area contributed by atoms with Crippen molar-refractivity contribution >= 4 is 35.4 Å². The van der Waals surface area contributed by atoms with Gasteiger partial charge in [0.2, 0.25) is 5.95 Å². The number of hydrogen-bond donors (Lipinski definition) is 0. The quantitative estimate of drug-likeness (QED) is 0.819. The highest BCUT2D eigenvalue weighted by atomic mass is 35.5. The molecule has 0 N–H and O–H groups in total. The van der Waals surface area contributed by atoms with Gasteiger partial charge in [-0.15, -0.1) is 0 Å². The van der Waals surface area contributed by atoms with Crippen LogP contribution in [-0.2, 0) is 0 Å². The number of aromatic nitrogens is 3. The van der Waals surface area contributed by atoms with Gasteiger partial charge in [0.1, 0.15) is 0 Å². The van der Waals surface area contributed by atoms with Crippen molar-refractivity contribution in [3.63, 3.8) is 0 Å². The topological polar surface area (TPSA) is 60.8 Å². The molecule has 4 heterocycles. The first-order valence-corrected chi connectivity index (χ1v) is 8.86. The van der Waals surface area contributed by atoms with E-state index in [1.165, 1.54) is 0 Å². The van der Waals surface area contributed by atoms with Crippen molar-refractivity contribution < 1.29 is 0 Å². The fourth-order valence-corrected chi connectivity index (χ4v) is 3.40. The van der Waals surface area contributed by atoms with Crippen LogP contribution in [0, 0.1) is 0 Å². The van der Waals surface area contributed by atoms with Crippen LogP contribution >= 0.6 is 23.2 Å². The number of pyridine rings is 1. The van der Waals surface area contributed by atoms with Gasteiger partial charge in [-0.05, 0) is 11.6 Å². The third-order valence-electron chi connectivity index (χ3n) is 4.35. The van der Waals surface area contributed by atoms with Crippen LogP contribution in [0.3, 0.4) is 0 Å². The first-order valence-electron chi connectivity index (χ1n) is 8.10. The first kappa shape index (κ1) is 16.5. The smallest absolute Gasteiger partial charge is 0.225 e. The minimum Gasteiger partial charge on any atom is -0.338 e. The van der Waals surface area contributed by atoms with Crippen LogP contribution in [0.2, 0.25) is 10.0 Å². The Bertz CT molecular complexity index is 759. The Balaban J connectivity index is 1.43. The molecule has 25 heavy (non-hydrogen) atoms. The molecule has 1 fully saturated rings. The predicted molar refractivity (Wildman–Crippen MR) is 97.8 cm³/mol. The highest BCUT2D eigenvalue weighted by molar-refractivity contribution is 6.30. The fraction of sp³-hybridized carbons (Fsp3) is 0.375. The van der Waals surface area contributed by atoms with Crippen molar-refractivity contribution in [3.8, 4) is 0 Å². The van der Waals surface area contributed by atoms with Gasteiger partial charge in [0, 0.05) is 51.2 Å². The van der Waals surface area contributed by atoms with E-state index < -0.39 is 0 Å². The number of piperazine rings is 1. The SMILES string of the molecule is Clc1cnc(N2CCN(N3N=CCC3c3cncc(Cl)c3)CC2)nc1. The molecule has 2 aliphatic heterocycles. The van der Waals surface area contributed by atoms with E-state index in [1.54, 1.807) is 18.6 Å². The summed E-state index contributed by atoms with van der Waals surface area (Å²) in [6.07, 6.45) is 9.56. The summed E-state index contributed by atoms with van der Waals surface area (Å²) in [5.74, 6) is 0.713. The van der Waals surface area contributed by atoms with Gasteiger partial charge in [-0.2, -0.15) is 5.10 Å². The Hall–Kier alpha value is -1.96. The minimum atomic E-state index is 0.143. The second-order valence-corrected chi connectivity index (χ2v) is 6.82. The fourth-order valence-electron chi connectivity index (χ4n) is 3.13. The molecular formula is C16H17Cl2N7. The van der Waals surface area contributed by atoms with Crippen LogP contribution in [0.25, 0.3) is 0 Å². The number of anilines is 1. The molecule has 1 saturated heterocycles. The summed E-state index contributed by atoms with van der Waals surface area (Å²) in [6.45, 7) is 3.34. The zero-order valence-electron chi connectivity index (χ0n) is 13.5. The number of nitrogens with zero attached hydrogens (tertiary/aromatic N) is 7. The zero-order chi connectivity index (χ0) is 17.2. The number of hydrazine groups is 1. The molecule has 1 unspecified atom stereocenters. The van der Waals surface area contributed by atoms with Gasteiger partial charge < -0.3 is 4.90 Å². The Morgan fingerprint density at radius 2 is 1.68 bits per heavy atom. The maximum atomic E-state index is 6.09. The lowest BCUT2D eigenvalue weighted by atomic mass is 10.1. The van der Waals surface area contributed by atoms with Crippen LogP contribution in [0.1, 0.15) is 18.0 Å². The molecule has 130 valence electrons. The van der Waals surface area contributed by atoms with E-state index in [1.807, 2.05) is 23.6 Å². The maximum Gasteiger partial charge on any atom is 0.225 e. The lowest BCUT2D eigenvalue weighted by Crippen LogP contribution is -2.52. The number of rotatable bonds is 3. The van der Waals surface area contributed by atoms with Crippen molar-refractivity contribution in [2.75, 3.05) is 31.1 Å². The Morgan fingerprint density at radius 1 is 0.920 bits per heavy atom. The summed E-state index contributed by atoms with van der Waals surface area (Å²) in [5.41, 5.74) is 1.08. The molecule has 2 aliphatic rings. The van der Waals surface area contributed by atoms with Crippen LogP contribution in [0.4, 0.5) is 5.95 Å². The number of halogens is 2. The Morgan fingerprint density at radius 3 is 2.40 bits per heavy atom. The van der Waals surface area contributed by atoms with Crippen molar-refractivity contribution in [2.24, 2.45) is 5.10 Å². The predicted octanol–water partition coefficient (Wildman–Crippen LogP) is 2.65. The molecule has 0 amide bonds. The number of hydrogen-bond acceptors (Lipinski definition) is 7. The third-order valence-corrected chi connectivity index (χ3v) is 4.76. The summed E-state index contributed by atoms with van der Waals surface area (Å²) >= 11 is 11.9. The van der Waals surface area contributed by atoms with E-state index in [-0.39, 0.29) is 6.04 Å². The van der Waals surface area contributed by atoms with Crippen LogP contribution in [0.15, 0.2) is 36.0 Å². The third kappa shape index (κ3) is 3.53. The molecular weight excluding hydrogens is 361 g/mol. The van der Waals surface area contributed by atoms with Crippen LogP contribution < -0.4 is 4.90 Å². The monoisotopic (exact) mass is 377 g/mol. The van der Waals surface area contributed by atoms with Gasteiger partial charge >= 0.3 is 0 Å². The molecule has 0 radical (unpaired) electrons. The van der Waals surface area contributed by atoms with Crippen molar-refractivity contribution in [3.05, 3.63) is 46.5 Å².